The Morgan fingerprint density at radius 2 is 2.08 bits per heavy atom. The number of ether oxygens (including phenoxy) is 2. The van der Waals surface area contributed by atoms with E-state index in [1.54, 1.807) is 30.7 Å². The maximum atomic E-state index is 12.5. The fourth-order valence-corrected chi connectivity index (χ4v) is 3.41. The van der Waals surface area contributed by atoms with E-state index in [4.69, 9.17) is 9.47 Å². The van der Waals surface area contributed by atoms with Crippen LogP contribution >= 0.6 is 0 Å². The van der Waals surface area contributed by atoms with E-state index in [0.717, 1.165) is 6.42 Å². The zero-order valence-corrected chi connectivity index (χ0v) is 13.3. The van der Waals surface area contributed by atoms with Crippen molar-refractivity contribution in [3.63, 3.8) is 0 Å². The maximum absolute atomic E-state index is 12.5. The van der Waals surface area contributed by atoms with E-state index in [2.05, 4.69) is 9.97 Å². The van der Waals surface area contributed by atoms with Gasteiger partial charge in [0.25, 0.3) is 5.91 Å². The van der Waals surface area contributed by atoms with E-state index in [-0.39, 0.29) is 17.4 Å². The molecule has 2 aliphatic rings. The van der Waals surface area contributed by atoms with Crippen molar-refractivity contribution >= 4 is 5.91 Å². The average Bonchev–Trinajstić information content (AvgIpc) is 3.04. The SMILES string of the molecule is O=C(c1ccncc1)N1CC2(C1)OCC[C@H]2COc1ccccn1. The molecule has 2 aliphatic heterocycles. The lowest BCUT2D eigenvalue weighted by Gasteiger charge is -2.50. The smallest absolute Gasteiger partial charge is 0.254 e. The molecule has 0 N–H and O–H groups in total. The number of aromatic nitrogens is 2. The van der Waals surface area contributed by atoms with E-state index in [9.17, 15) is 4.79 Å². The summed E-state index contributed by atoms with van der Waals surface area (Å²) in [5, 5.41) is 0. The number of nitrogens with zero attached hydrogens (tertiary/aromatic N) is 3. The summed E-state index contributed by atoms with van der Waals surface area (Å²) in [4.78, 5) is 22.4. The average molecular weight is 325 g/mol. The minimum Gasteiger partial charge on any atom is -0.477 e. The van der Waals surface area contributed by atoms with Crippen LogP contribution in [0.25, 0.3) is 0 Å². The van der Waals surface area contributed by atoms with Gasteiger partial charge >= 0.3 is 0 Å². The Hall–Kier alpha value is -2.47. The van der Waals surface area contributed by atoms with Crippen molar-refractivity contribution < 1.29 is 14.3 Å². The number of rotatable bonds is 4. The lowest BCUT2D eigenvalue weighted by atomic mass is 9.81. The number of carbonyl (C=O) groups is 1. The van der Waals surface area contributed by atoms with Crippen LogP contribution in [0.3, 0.4) is 0 Å². The molecular formula is C18H19N3O3. The summed E-state index contributed by atoms with van der Waals surface area (Å²) in [6.45, 7) is 2.51. The molecule has 4 rings (SSSR count). The van der Waals surface area contributed by atoms with Crippen molar-refractivity contribution in [2.45, 2.75) is 12.0 Å². The second-order valence-corrected chi connectivity index (χ2v) is 6.27. The minimum atomic E-state index is -0.266. The molecule has 0 radical (unpaired) electrons. The second-order valence-electron chi connectivity index (χ2n) is 6.27. The number of amides is 1. The molecule has 24 heavy (non-hydrogen) atoms. The van der Waals surface area contributed by atoms with Crippen molar-refractivity contribution in [3.05, 3.63) is 54.5 Å². The number of hydrogen-bond acceptors (Lipinski definition) is 5. The van der Waals surface area contributed by atoms with Crippen molar-refractivity contribution in [1.29, 1.82) is 0 Å². The maximum Gasteiger partial charge on any atom is 0.254 e. The molecule has 4 heterocycles. The predicted octanol–water partition coefficient (Wildman–Crippen LogP) is 1.79. The topological polar surface area (TPSA) is 64.6 Å². The third-order valence-electron chi connectivity index (χ3n) is 4.80. The third-order valence-corrected chi connectivity index (χ3v) is 4.80. The van der Waals surface area contributed by atoms with Crippen LogP contribution in [0.2, 0.25) is 0 Å². The van der Waals surface area contributed by atoms with Crippen molar-refractivity contribution in [2.24, 2.45) is 5.92 Å². The molecule has 124 valence electrons. The number of hydrogen-bond donors (Lipinski definition) is 0. The second kappa shape index (κ2) is 6.20. The Bertz CT molecular complexity index is 702. The summed E-state index contributed by atoms with van der Waals surface area (Å²) in [7, 11) is 0. The largest absolute Gasteiger partial charge is 0.477 e. The minimum absolute atomic E-state index is 0.0305. The first-order valence-electron chi connectivity index (χ1n) is 8.14. The van der Waals surface area contributed by atoms with Gasteiger partial charge in [0.05, 0.1) is 19.7 Å². The highest BCUT2D eigenvalue weighted by Crippen LogP contribution is 2.40. The van der Waals surface area contributed by atoms with Gasteiger partial charge in [-0.3, -0.25) is 9.78 Å². The zero-order chi connectivity index (χ0) is 16.4. The quantitative estimate of drug-likeness (QED) is 0.857. The Labute approximate surface area is 140 Å². The summed E-state index contributed by atoms with van der Waals surface area (Å²) >= 11 is 0. The summed E-state index contributed by atoms with van der Waals surface area (Å²) in [6.07, 6.45) is 5.94. The highest BCUT2D eigenvalue weighted by atomic mass is 16.5. The summed E-state index contributed by atoms with van der Waals surface area (Å²) in [5.74, 6) is 0.938. The molecule has 0 unspecified atom stereocenters. The first-order chi connectivity index (χ1) is 11.8. The van der Waals surface area contributed by atoms with Crippen LogP contribution in [0.4, 0.5) is 0 Å². The van der Waals surface area contributed by atoms with Crippen LogP contribution in [0.5, 0.6) is 5.88 Å². The van der Waals surface area contributed by atoms with E-state index in [1.807, 2.05) is 23.1 Å². The number of carbonyl (C=O) groups excluding carboxylic acids is 1. The Kier molecular flexibility index (Phi) is 3.90. The number of pyridine rings is 2. The standard InChI is InChI=1S/C18H19N3O3/c22-17(14-4-8-19-9-5-14)21-12-18(13-21)15(6-10-24-18)11-23-16-3-1-2-7-20-16/h1-5,7-9,15H,6,10-13H2/t15-/m0/s1. The lowest BCUT2D eigenvalue weighted by Crippen LogP contribution is -2.66. The van der Waals surface area contributed by atoms with Gasteiger partial charge in [-0.2, -0.15) is 0 Å². The molecule has 0 aliphatic carbocycles. The van der Waals surface area contributed by atoms with Gasteiger partial charge in [0, 0.05) is 42.7 Å². The molecule has 2 aromatic rings. The van der Waals surface area contributed by atoms with Gasteiger partial charge in [0.15, 0.2) is 0 Å². The van der Waals surface area contributed by atoms with E-state index in [0.29, 0.717) is 37.7 Å². The molecule has 1 atom stereocenters. The predicted molar refractivity (Wildman–Crippen MR) is 86.7 cm³/mol. The summed E-state index contributed by atoms with van der Waals surface area (Å²) in [5.41, 5.74) is 0.399. The Morgan fingerprint density at radius 3 is 2.83 bits per heavy atom. The molecule has 6 heteroatoms. The zero-order valence-electron chi connectivity index (χ0n) is 13.3. The molecule has 1 spiro atoms. The van der Waals surface area contributed by atoms with Crippen LogP contribution < -0.4 is 4.74 Å². The third kappa shape index (κ3) is 2.73. The molecule has 2 saturated heterocycles. The monoisotopic (exact) mass is 325 g/mol. The van der Waals surface area contributed by atoms with Gasteiger partial charge in [0.2, 0.25) is 5.88 Å². The van der Waals surface area contributed by atoms with Gasteiger partial charge in [-0.15, -0.1) is 0 Å². The van der Waals surface area contributed by atoms with Crippen molar-refractivity contribution in [2.75, 3.05) is 26.3 Å². The molecule has 0 bridgehead atoms. The number of likely N-dealkylation sites (tertiary alicyclic amines) is 1. The highest BCUT2D eigenvalue weighted by molar-refractivity contribution is 5.94. The van der Waals surface area contributed by atoms with Crippen LogP contribution in [-0.4, -0.2) is 52.7 Å². The first-order valence-corrected chi connectivity index (χ1v) is 8.14. The van der Waals surface area contributed by atoms with Crippen molar-refractivity contribution in [1.82, 2.24) is 14.9 Å². The van der Waals surface area contributed by atoms with Gasteiger partial charge in [-0.25, -0.2) is 4.98 Å². The normalized spacial score (nSPS) is 21.5. The van der Waals surface area contributed by atoms with Gasteiger partial charge in [-0.05, 0) is 24.6 Å². The molecular weight excluding hydrogens is 306 g/mol. The van der Waals surface area contributed by atoms with Crippen LogP contribution in [-0.2, 0) is 4.74 Å². The van der Waals surface area contributed by atoms with E-state index < -0.39 is 0 Å². The van der Waals surface area contributed by atoms with Gasteiger partial charge < -0.3 is 14.4 Å². The molecule has 0 aromatic carbocycles. The van der Waals surface area contributed by atoms with Crippen molar-refractivity contribution in [3.8, 4) is 5.88 Å². The molecule has 2 aromatic heterocycles. The molecule has 0 saturated carbocycles. The Balaban J connectivity index is 1.37. The molecule has 1 amide bonds. The van der Waals surface area contributed by atoms with Crippen LogP contribution in [0, 0.1) is 5.92 Å². The Morgan fingerprint density at radius 1 is 1.25 bits per heavy atom. The highest BCUT2D eigenvalue weighted by Gasteiger charge is 2.54. The molecule has 6 nitrogen and oxygen atoms in total. The van der Waals surface area contributed by atoms with Gasteiger partial charge in [-0.1, -0.05) is 6.07 Å². The van der Waals surface area contributed by atoms with E-state index in [1.165, 1.54) is 0 Å². The van der Waals surface area contributed by atoms with Gasteiger partial charge in [0.1, 0.15) is 5.60 Å². The van der Waals surface area contributed by atoms with E-state index >= 15 is 0 Å². The van der Waals surface area contributed by atoms with Crippen LogP contribution in [0.1, 0.15) is 16.8 Å². The summed E-state index contributed by atoms with van der Waals surface area (Å²) < 4.78 is 11.8. The lowest BCUT2D eigenvalue weighted by molar-refractivity contribution is -0.122. The first kappa shape index (κ1) is 15.1. The van der Waals surface area contributed by atoms with Crippen LogP contribution in [0.15, 0.2) is 48.9 Å². The summed E-state index contributed by atoms with van der Waals surface area (Å²) in [6, 6.07) is 9.10. The fourth-order valence-electron chi connectivity index (χ4n) is 3.41. The molecule has 2 fully saturated rings. The fraction of sp³-hybridized carbons (Fsp3) is 0.389.